The number of hydrogen-bond donors (Lipinski definition) is 2. The van der Waals surface area contributed by atoms with Crippen molar-refractivity contribution in [1.82, 2.24) is 14.9 Å². The highest BCUT2D eigenvalue weighted by Crippen LogP contribution is 2.32. The summed E-state index contributed by atoms with van der Waals surface area (Å²) in [5, 5.41) is 20.6. The third-order valence-electron chi connectivity index (χ3n) is 3.40. The van der Waals surface area contributed by atoms with E-state index >= 15 is 0 Å². The van der Waals surface area contributed by atoms with Crippen molar-refractivity contribution in [2.24, 2.45) is 0 Å². The van der Waals surface area contributed by atoms with Crippen molar-refractivity contribution in [3.63, 3.8) is 0 Å². The maximum atomic E-state index is 10.9. The van der Waals surface area contributed by atoms with Crippen LogP contribution < -0.4 is 10.6 Å². The number of anilines is 2. The lowest BCUT2D eigenvalue weighted by molar-refractivity contribution is 0.142. The summed E-state index contributed by atoms with van der Waals surface area (Å²) in [5.74, 6) is 0.768. The molecule has 9 heteroatoms. The van der Waals surface area contributed by atoms with E-state index in [2.05, 4.69) is 16.0 Å². The van der Waals surface area contributed by atoms with Gasteiger partial charge in [-0.25, -0.2) is 9.78 Å². The van der Waals surface area contributed by atoms with Crippen LogP contribution in [0.3, 0.4) is 0 Å². The number of piperazine rings is 1. The molecule has 21 heavy (non-hydrogen) atoms. The molecule has 0 radical (unpaired) electrons. The SMILES string of the molecule is N#Cc1csc2nc(N)nc(N3CCN(C(=O)O)CC3)c12. The van der Waals surface area contributed by atoms with Gasteiger partial charge in [0, 0.05) is 31.6 Å². The number of thiophene rings is 1. The van der Waals surface area contributed by atoms with Crippen LogP contribution in [0.25, 0.3) is 10.2 Å². The van der Waals surface area contributed by atoms with E-state index in [1.54, 1.807) is 5.38 Å². The van der Waals surface area contributed by atoms with Gasteiger partial charge < -0.3 is 20.6 Å². The van der Waals surface area contributed by atoms with E-state index in [4.69, 9.17) is 10.8 Å². The fourth-order valence-corrected chi connectivity index (χ4v) is 3.23. The molecule has 8 nitrogen and oxygen atoms in total. The van der Waals surface area contributed by atoms with Gasteiger partial charge in [-0.1, -0.05) is 0 Å². The van der Waals surface area contributed by atoms with Gasteiger partial charge in [-0.05, 0) is 0 Å². The van der Waals surface area contributed by atoms with Gasteiger partial charge in [-0.3, -0.25) is 0 Å². The highest BCUT2D eigenvalue weighted by atomic mass is 32.1. The van der Waals surface area contributed by atoms with Crippen LogP contribution in [0.5, 0.6) is 0 Å². The number of aromatic nitrogens is 2. The zero-order chi connectivity index (χ0) is 15.0. The lowest BCUT2D eigenvalue weighted by Gasteiger charge is -2.34. The van der Waals surface area contributed by atoms with Gasteiger partial charge in [-0.15, -0.1) is 11.3 Å². The molecule has 3 rings (SSSR count). The summed E-state index contributed by atoms with van der Waals surface area (Å²) in [6.07, 6.45) is -0.921. The number of carbonyl (C=O) groups is 1. The van der Waals surface area contributed by atoms with E-state index in [0.29, 0.717) is 47.8 Å². The predicted octanol–water partition coefficient (Wildman–Crippen LogP) is 0.945. The van der Waals surface area contributed by atoms with E-state index in [9.17, 15) is 10.1 Å². The van der Waals surface area contributed by atoms with Crippen molar-refractivity contribution in [1.29, 1.82) is 5.26 Å². The van der Waals surface area contributed by atoms with Crippen molar-refractivity contribution in [3.8, 4) is 6.07 Å². The molecule has 108 valence electrons. The van der Waals surface area contributed by atoms with Crippen LogP contribution in [0.4, 0.5) is 16.6 Å². The molecule has 1 aliphatic rings. The maximum Gasteiger partial charge on any atom is 0.407 e. The van der Waals surface area contributed by atoms with E-state index in [0.717, 1.165) is 0 Å². The fraction of sp³-hybridized carbons (Fsp3) is 0.333. The number of nitrogens with zero attached hydrogens (tertiary/aromatic N) is 5. The van der Waals surface area contributed by atoms with E-state index < -0.39 is 6.09 Å². The second-order valence-corrected chi connectivity index (χ2v) is 5.46. The Morgan fingerprint density at radius 3 is 2.71 bits per heavy atom. The zero-order valence-corrected chi connectivity index (χ0v) is 11.8. The molecule has 0 spiro atoms. The molecule has 0 unspecified atom stereocenters. The third kappa shape index (κ3) is 2.30. The number of fused-ring (bicyclic) bond motifs is 1. The maximum absolute atomic E-state index is 10.9. The number of nitrogens with two attached hydrogens (primary N) is 1. The van der Waals surface area contributed by atoms with Gasteiger partial charge in [0.05, 0.1) is 10.9 Å². The average molecular weight is 304 g/mol. The summed E-state index contributed by atoms with van der Waals surface area (Å²) < 4.78 is 0. The Kier molecular flexibility index (Phi) is 3.23. The highest BCUT2D eigenvalue weighted by Gasteiger charge is 2.24. The number of nitrogen functional groups attached to an aromatic ring is 1. The molecule has 0 aromatic carbocycles. The lowest BCUT2D eigenvalue weighted by Crippen LogP contribution is -2.48. The Labute approximate surface area is 124 Å². The van der Waals surface area contributed by atoms with Crippen molar-refractivity contribution in [2.45, 2.75) is 0 Å². The first-order valence-electron chi connectivity index (χ1n) is 6.28. The molecule has 2 aromatic heterocycles. The molecule has 1 fully saturated rings. The topological polar surface area (TPSA) is 119 Å². The molecule has 3 heterocycles. The molecule has 0 atom stereocenters. The summed E-state index contributed by atoms with van der Waals surface area (Å²) in [7, 11) is 0. The quantitative estimate of drug-likeness (QED) is 0.804. The summed E-state index contributed by atoms with van der Waals surface area (Å²) in [6.45, 7) is 1.82. The highest BCUT2D eigenvalue weighted by molar-refractivity contribution is 7.17. The van der Waals surface area contributed by atoms with E-state index in [-0.39, 0.29) is 5.95 Å². The van der Waals surface area contributed by atoms with Crippen LogP contribution in [0.2, 0.25) is 0 Å². The lowest BCUT2D eigenvalue weighted by atomic mass is 10.2. The summed E-state index contributed by atoms with van der Waals surface area (Å²) in [6, 6.07) is 2.13. The molecule has 1 saturated heterocycles. The minimum atomic E-state index is -0.921. The number of carboxylic acid groups (broad SMARTS) is 1. The smallest absolute Gasteiger partial charge is 0.407 e. The Hall–Kier alpha value is -2.60. The van der Waals surface area contributed by atoms with Crippen molar-refractivity contribution in [3.05, 3.63) is 10.9 Å². The Bertz CT molecular complexity index is 744. The van der Waals surface area contributed by atoms with Crippen LogP contribution in [0, 0.1) is 11.3 Å². The Morgan fingerprint density at radius 2 is 2.10 bits per heavy atom. The van der Waals surface area contributed by atoms with Gasteiger partial charge in [0.15, 0.2) is 0 Å². The molecule has 1 amide bonds. The van der Waals surface area contributed by atoms with Crippen molar-refractivity contribution < 1.29 is 9.90 Å². The Balaban J connectivity index is 1.99. The Morgan fingerprint density at radius 1 is 1.38 bits per heavy atom. The van der Waals surface area contributed by atoms with Crippen LogP contribution in [-0.2, 0) is 0 Å². The monoisotopic (exact) mass is 304 g/mol. The molecule has 0 aliphatic carbocycles. The first-order valence-corrected chi connectivity index (χ1v) is 7.15. The van der Waals surface area contributed by atoms with Gasteiger partial charge in [0.1, 0.15) is 16.7 Å². The number of nitriles is 1. The van der Waals surface area contributed by atoms with Crippen LogP contribution in [-0.4, -0.2) is 52.2 Å². The fourth-order valence-electron chi connectivity index (χ4n) is 2.36. The second-order valence-electron chi connectivity index (χ2n) is 4.60. The first kappa shape index (κ1) is 13.4. The van der Waals surface area contributed by atoms with Gasteiger partial charge in [0.25, 0.3) is 0 Å². The second kappa shape index (κ2) is 5.06. The van der Waals surface area contributed by atoms with Gasteiger partial charge in [-0.2, -0.15) is 10.2 Å². The van der Waals surface area contributed by atoms with Crippen molar-refractivity contribution >= 4 is 39.4 Å². The van der Waals surface area contributed by atoms with E-state index in [1.807, 2.05) is 4.90 Å². The standard InChI is InChI=1S/C12H12N6O2S/c13-5-7-6-21-10-8(7)9(15-11(14)16-10)17-1-3-18(4-2-17)12(19)20/h6H,1-4H2,(H,19,20)(H2,14,15,16). The molecule has 0 saturated carbocycles. The summed E-state index contributed by atoms with van der Waals surface area (Å²) >= 11 is 1.35. The van der Waals surface area contributed by atoms with E-state index in [1.165, 1.54) is 16.2 Å². The summed E-state index contributed by atoms with van der Waals surface area (Å²) in [5.41, 5.74) is 6.25. The van der Waals surface area contributed by atoms with Gasteiger partial charge >= 0.3 is 6.09 Å². The van der Waals surface area contributed by atoms with Crippen LogP contribution in [0.15, 0.2) is 5.38 Å². The first-order chi connectivity index (χ1) is 10.1. The minimum absolute atomic E-state index is 0.157. The minimum Gasteiger partial charge on any atom is -0.465 e. The predicted molar refractivity (Wildman–Crippen MR) is 78.4 cm³/mol. The summed E-state index contributed by atoms with van der Waals surface area (Å²) in [4.78, 5) is 23.3. The number of hydrogen-bond acceptors (Lipinski definition) is 7. The average Bonchev–Trinajstić information content (AvgIpc) is 2.89. The van der Waals surface area contributed by atoms with Crippen LogP contribution in [0.1, 0.15) is 5.56 Å². The number of rotatable bonds is 1. The molecule has 0 bridgehead atoms. The molecular formula is C12H12N6O2S. The number of amides is 1. The third-order valence-corrected chi connectivity index (χ3v) is 4.27. The molecular weight excluding hydrogens is 292 g/mol. The largest absolute Gasteiger partial charge is 0.465 e. The van der Waals surface area contributed by atoms with Gasteiger partial charge in [0.2, 0.25) is 5.95 Å². The molecule has 3 N–H and O–H groups in total. The molecule has 2 aromatic rings. The van der Waals surface area contributed by atoms with Crippen LogP contribution >= 0.6 is 11.3 Å². The normalized spacial score (nSPS) is 15.2. The zero-order valence-electron chi connectivity index (χ0n) is 11.0. The molecule has 1 aliphatic heterocycles. The van der Waals surface area contributed by atoms with Crippen molar-refractivity contribution in [2.75, 3.05) is 36.8 Å².